The van der Waals surface area contributed by atoms with E-state index < -0.39 is 5.82 Å². The highest BCUT2D eigenvalue weighted by Gasteiger charge is 2.23. The van der Waals surface area contributed by atoms with Crippen LogP contribution in [0.1, 0.15) is 31.0 Å². The maximum atomic E-state index is 14.1. The molecule has 18 heavy (non-hydrogen) atoms. The minimum atomic E-state index is -0.455. The smallest absolute Gasteiger partial charge is 0.258 e. The molecule has 0 aliphatic heterocycles. The van der Waals surface area contributed by atoms with E-state index in [0.29, 0.717) is 19.3 Å². The van der Waals surface area contributed by atoms with Gasteiger partial charge in [-0.05, 0) is 57.4 Å². The Bertz CT molecular complexity index is 697. The van der Waals surface area contributed by atoms with Gasteiger partial charge in [0.15, 0.2) is 5.82 Å². The second-order valence-corrected chi connectivity index (χ2v) is 6.42. The molecule has 2 aromatic rings. The van der Waals surface area contributed by atoms with Crippen molar-refractivity contribution in [1.82, 2.24) is 9.97 Å². The molecule has 1 N–H and O–H groups in total. The summed E-state index contributed by atoms with van der Waals surface area (Å²) in [5, 5.41) is 0.308. The van der Waals surface area contributed by atoms with Crippen molar-refractivity contribution in [1.29, 1.82) is 0 Å². The fourth-order valence-corrected chi connectivity index (χ4v) is 2.93. The van der Waals surface area contributed by atoms with Crippen LogP contribution in [0.15, 0.2) is 15.3 Å². The predicted octanol–water partition coefficient (Wildman–Crippen LogP) is 3.70. The molecular weight excluding hydrogens is 414 g/mol. The fraction of sp³-hybridized carbons (Fsp3) is 0.333. The van der Waals surface area contributed by atoms with E-state index in [1.165, 1.54) is 0 Å². The average molecular weight is 423 g/mol. The van der Waals surface area contributed by atoms with E-state index in [1.54, 1.807) is 6.07 Å². The maximum absolute atomic E-state index is 14.1. The monoisotopic (exact) mass is 422 g/mol. The zero-order valence-electron chi connectivity index (χ0n) is 9.27. The molecule has 0 spiro atoms. The van der Waals surface area contributed by atoms with Gasteiger partial charge in [0.25, 0.3) is 5.56 Å². The van der Waals surface area contributed by atoms with Crippen molar-refractivity contribution in [3.05, 3.63) is 36.1 Å². The molecule has 1 aromatic carbocycles. The number of fused-ring (bicyclic) bond motifs is 1. The first-order chi connectivity index (χ1) is 8.58. The normalized spacial score (nSPS) is 15.9. The molecule has 1 fully saturated rings. The second-order valence-electron chi connectivity index (χ2n) is 4.46. The number of nitrogens with zero attached hydrogens (tertiary/aromatic N) is 1. The van der Waals surface area contributed by atoms with Crippen LogP contribution in [0.4, 0.5) is 4.39 Å². The second kappa shape index (κ2) is 4.56. The topological polar surface area (TPSA) is 45.8 Å². The van der Waals surface area contributed by atoms with Crippen LogP contribution in [0.3, 0.4) is 0 Å². The molecular formula is C12H9BrFIN2O. The van der Waals surface area contributed by atoms with Gasteiger partial charge in [-0.15, -0.1) is 0 Å². The minimum Gasteiger partial charge on any atom is -0.310 e. The average Bonchev–Trinajstić information content (AvgIpc) is 2.26. The first kappa shape index (κ1) is 12.5. The molecule has 1 saturated carbocycles. The van der Waals surface area contributed by atoms with Gasteiger partial charge in [0.1, 0.15) is 11.3 Å². The molecule has 3 nitrogen and oxygen atoms in total. The van der Waals surface area contributed by atoms with Crippen LogP contribution in [-0.4, -0.2) is 9.97 Å². The number of halogens is 3. The predicted molar refractivity (Wildman–Crippen MR) is 79.3 cm³/mol. The number of aromatic amines is 1. The van der Waals surface area contributed by atoms with Crippen molar-refractivity contribution >= 4 is 49.4 Å². The Morgan fingerprint density at radius 2 is 2.22 bits per heavy atom. The first-order valence-electron chi connectivity index (χ1n) is 5.65. The summed E-state index contributed by atoms with van der Waals surface area (Å²) in [5.41, 5.74) is -0.0980. The highest BCUT2D eigenvalue weighted by molar-refractivity contribution is 14.1. The lowest BCUT2D eigenvalue weighted by Gasteiger charge is -2.24. The van der Waals surface area contributed by atoms with Crippen molar-refractivity contribution in [2.45, 2.75) is 25.2 Å². The third-order valence-corrected chi connectivity index (χ3v) is 5.71. The Labute approximate surface area is 124 Å². The van der Waals surface area contributed by atoms with Gasteiger partial charge >= 0.3 is 0 Å². The van der Waals surface area contributed by atoms with E-state index in [2.05, 4.69) is 25.9 Å². The molecule has 0 radical (unpaired) electrons. The van der Waals surface area contributed by atoms with Gasteiger partial charge in [0.2, 0.25) is 0 Å². The first-order valence-corrected chi connectivity index (χ1v) is 7.52. The molecule has 6 heteroatoms. The van der Waals surface area contributed by atoms with Crippen molar-refractivity contribution in [2.75, 3.05) is 0 Å². The molecule has 0 unspecified atom stereocenters. The molecule has 1 aliphatic rings. The molecule has 0 bridgehead atoms. The van der Waals surface area contributed by atoms with Crippen LogP contribution in [-0.2, 0) is 0 Å². The van der Waals surface area contributed by atoms with Gasteiger partial charge in [0.05, 0.1) is 9.86 Å². The van der Waals surface area contributed by atoms with Crippen molar-refractivity contribution in [2.24, 2.45) is 0 Å². The van der Waals surface area contributed by atoms with E-state index in [4.69, 9.17) is 0 Å². The van der Waals surface area contributed by atoms with Crippen LogP contribution < -0.4 is 5.56 Å². The molecule has 1 aliphatic carbocycles. The Morgan fingerprint density at radius 3 is 2.83 bits per heavy atom. The summed E-state index contributed by atoms with van der Waals surface area (Å²) < 4.78 is 15.2. The molecule has 1 aromatic heterocycles. The molecule has 0 amide bonds. The molecule has 94 valence electrons. The highest BCUT2D eigenvalue weighted by atomic mass is 127. The zero-order valence-corrected chi connectivity index (χ0v) is 13.0. The number of rotatable bonds is 1. The van der Waals surface area contributed by atoms with Gasteiger partial charge < -0.3 is 4.98 Å². The third kappa shape index (κ3) is 1.89. The lowest BCUT2D eigenvalue weighted by Crippen LogP contribution is -2.19. The highest BCUT2D eigenvalue weighted by Crippen LogP contribution is 2.35. The third-order valence-electron chi connectivity index (χ3n) is 3.35. The lowest BCUT2D eigenvalue weighted by atomic mass is 9.85. The Kier molecular flexibility index (Phi) is 3.17. The van der Waals surface area contributed by atoms with Crippen LogP contribution in [0.2, 0.25) is 0 Å². The SMILES string of the molecule is O=c1[nH]c(C2CCC2)nc2c(F)c(Br)c(I)cc12. The van der Waals surface area contributed by atoms with Gasteiger partial charge in [-0.2, -0.15) is 0 Å². The Morgan fingerprint density at radius 1 is 1.50 bits per heavy atom. The van der Waals surface area contributed by atoms with Crippen LogP contribution >= 0.6 is 38.5 Å². The number of hydrogen-bond donors (Lipinski definition) is 1. The van der Waals surface area contributed by atoms with Gasteiger partial charge in [-0.1, -0.05) is 6.42 Å². The lowest BCUT2D eigenvalue weighted by molar-refractivity contribution is 0.401. The fourth-order valence-electron chi connectivity index (χ4n) is 2.07. The van der Waals surface area contributed by atoms with Crippen LogP contribution in [0.25, 0.3) is 10.9 Å². The minimum absolute atomic E-state index is 0.160. The number of H-pyrrole nitrogens is 1. The molecule has 1 heterocycles. The van der Waals surface area contributed by atoms with Crippen LogP contribution in [0, 0.1) is 9.39 Å². The molecule has 3 rings (SSSR count). The van der Waals surface area contributed by atoms with Crippen LogP contribution in [0.5, 0.6) is 0 Å². The summed E-state index contributed by atoms with van der Waals surface area (Å²) >= 11 is 5.17. The Balaban J connectivity index is 2.32. The summed E-state index contributed by atoms with van der Waals surface area (Å²) in [4.78, 5) is 19.0. The summed E-state index contributed by atoms with van der Waals surface area (Å²) in [6.45, 7) is 0. The van der Waals surface area contributed by atoms with Crippen molar-refractivity contribution < 1.29 is 4.39 Å². The van der Waals surface area contributed by atoms with Gasteiger partial charge in [0, 0.05) is 9.49 Å². The standard InChI is InChI=1S/C12H9BrFIN2O/c13-8-7(15)4-6-10(9(8)14)16-11(17-12(6)18)5-2-1-3-5/h4-5H,1-3H2,(H,16,17,18). The van der Waals surface area contributed by atoms with E-state index in [9.17, 15) is 9.18 Å². The number of aromatic nitrogens is 2. The van der Waals surface area contributed by atoms with Crippen molar-refractivity contribution in [3.8, 4) is 0 Å². The molecule has 0 atom stereocenters. The quantitative estimate of drug-likeness (QED) is 0.562. The molecule has 0 saturated heterocycles. The Hall–Kier alpha value is -0.500. The largest absolute Gasteiger partial charge is 0.310 e. The summed E-state index contributed by atoms with van der Waals surface area (Å²) in [6.07, 6.45) is 3.18. The maximum Gasteiger partial charge on any atom is 0.258 e. The number of benzene rings is 1. The van der Waals surface area contributed by atoms with E-state index in [0.717, 1.165) is 19.3 Å². The zero-order chi connectivity index (χ0) is 12.9. The number of nitrogens with one attached hydrogen (secondary N) is 1. The summed E-state index contributed by atoms with van der Waals surface area (Å²) in [6, 6.07) is 1.65. The number of hydrogen-bond acceptors (Lipinski definition) is 2. The van der Waals surface area contributed by atoms with E-state index in [1.807, 2.05) is 22.6 Å². The van der Waals surface area contributed by atoms with Gasteiger partial charge in [-0.3, -0.25) is 4.79 Å². The summed E-state index contributed by atoms with van der Waals surface area (Å²) in [5.74, 6) is 0.439. The van der Waals surface area contributed by atoms with E-state index >= 15 is 0 Å². The van der Waals surface area contributed by atoms with Gasteiger partial charge in [-0.25, -0.2) is 9.37 Å². The van der Waals surface area contributed by atoms with E-state index in [-0.39, 0.29) is 17.0 Å². The van der Waals surface area contributed by atoms with Crippen molar-refractivity contribution in [3.63, 3.8) is 0 Å². The summed E-state index contributed by atoms with van der Waals surface area (Å²) in [7, 11) is 0.